The van der Waals surface area contributed by atoms with Crippen LogP contribution in [-0.4, -0.2) is 86.9 Å². The summed E-state index contributed by atoms with van der Waals surface area (Å²) < 4.78 is 27.5. The third-order valence-corrected chi connectivity index (χ3v) is 3.24. The number of rotatable bonds is 17. The lowest BCUT2D eigenvalue weighted by molar-refractivity contribution is -0.119. The monoisotopic (exact) mass is 403 g/mol. The van der Waals surface area contributed by atoms with E-state index in [0.29, 0.717) is 58.4 Å². The van der Waals surface area contributed by atoms with Crippen molar-refractivity contribution in [3.05, 3.63) is 11.9 Å². The van der Waals surface area contributed by atoms with Gasteiger partial charge in [-0.1, -0.05) is 5.21 Å². The number of hydrogen-bond donors (Lipinski definition) is 2. The van der Waals surface area contributed by atoms with Crippen molar-refractivity contribution in [1.82, 2.24) is 20.3 Å². The zero-order valence-corrected chi connectivity index (χ0v) is 16.1. The highest BCUT2D eigenvalue weighted by atomic mass is 16.5. The molecule has 0 saturated heterocycles. The van der Waals surface area contributed by atoms with Crippen LogP contribution in [0.4, 0.5) is 4.79 Å². The summed E-state index contributed by atoms with van der Waals surface area (Å²) in [6.07, 6.45) is 1.46. The quantitative estimate of drug-likeness (QED) is 0.315. The van der Waals surface area contributed by atoms with Gasteiger partial charge in [-0.2, -0.15) is 0 Å². The largest absolute Gasteiger partial charge is 0.453 e. The Hall–Kier alpha value is -2.28. The Morgan fingerprint density at radius 1 is 1.04 bits per heavy atom. The van der Waals surface area contributed by atoms with E-state index in [2.05, 4.69) is 20.4 Å². The van der Waals surface area contributed by atoms with Crippen LogP contribution >= 0.6 is 0 Å². The van der Waals surface area contributed by atoms with Crippen molar-refractivity contribution in [2.75, 3.05) is 59.9 Å². The van der Waals surface area contributed by atoms with Gasteiger partial charge in [0.1, 0.15) is 5.69 Å². The molecule has 0 aliphatic rings. The maximum Gasteiger partial charge on any atom is 0.406 e. The van der Waals surface area contributed by atoms with E-state index in [-0.39, 0.29) is 19.6 Å². The van der Waals surface area contributed by atoms with Crippen LogP contribution in [-0.2, 0) is 41.6 Å². The second kappa shape index (κ2) is 15.7. The molecule has 0 bridgehead atoms. The molecule has 1 aromatic rings. The fourth-order valence-electron chi connectivity index (χ4n) is 1.86. The number of carbonyl (C=O) groups is 2. The predicted octanol–water partition coefficient (Wildman–Crippen LogP) is -0.924. The number of carbonyl (C=O) groups excluding carboxylic acids is 2. The van der Waals surface area contributed by atoms with E-state index in [0.717, 1.165) is 0 Å². The van der Waals surface area contributed by atoms with Crippen LogP contribution in [0.25, 0.3) is 0 Å². The summed E-state index contributed by atoms with van der Waals surface area (Å²) in [5, 5.41) is 10.4. The molecule has 0 spiro atoms. The molecule has 1 rings (SSSR count). The minimum Gasteiger partial charge on any atom is -0.453 e. The third-order valence-electron chi connectivity index (χ3n) is 3.24. The minimum absolute atomic E-state index is 0.183. The summed E-state index contributed by atoms with van der Waals surface area (Å²) in [7, 11) is 1.31. The lowest BCUT2D eigenvalue weighted by Crippen LogP contribution is -2.27. The number of amides is 2. The lowest BCUT2D eigenvalue weighted by atomic mass is 10.4. The molecule has 0 saturated carbocycles. The summed E-state index contributed by atoms with van der Waals surface area (Å²) in [5.74, 6) is -0.398. The third kappa shape index (κ3) is 13.0. The maximum atomic E-state index is 10.8. The van der Waals surface area contributed by atoms with E-state index in [9.17, 15) is 9.59 Å². The highest BCUT2D eigenvalue weighted by molar-refractivity contribution is 5.73. The van der Waals surface area contributed by atoms with Crippen molar-refractivity contribution < 1.29 is 33.3 Å². The SMILES string of the molecule is COC(=O)NCCOCCOCCOCCn1cc(COCCC(N)=O)nn1. The van der Waals surface area contributed by atoms with Gasteiger partial charge in [0.2, 0.25) is 5.91 Å². The van der Waals surface area contributed by atoms with E-state index in [1.165, 1.54) is 7.11 Å². The highest BCUT2D eigenvalue weighted by Gasteiger charge is 2.02. The number of methoxy groups -OCH3 is 1. The fraction of sp³-hybridized carbons (Fsp3) is 0.750. The first-order chi connectivity index (χ1) is 13.6. The summed E-state index contributed by atoms with van der Waals surface area (Å²) in [5.41, 5.74) is 5.70. The van der Waals surface area contributed by atoms with E-state index in [1.54, 1.807) is 10.9 Å². The van der Waals surface area contributed by atoms with Crippen molar-refractivity contribution in [3.8, 4) is 0 Å². The van der Waals surface area contributed by atoms with Gasteiger partial charge in [0.15, 0.2) is 0 Å². The fourth-order valence-corrected chi connectivity index (χ4v) is 1.86. The number of alkyl carbamates (subject to hydrolysis) is 1. The Morgan fingerprint density at radius 2 is 1.71 bits per heavy atom. The van der Waals surface area contributed by atoms with Crippen molar-refractivity contribution in [3.63, 3.8) is 0 Å². The smallest absolute Gasteiger partial charge is 0.406 e. The maximum absolute atomic E-state index is 10.8. The Balaban J connectivity index is 1.88. The summed E-state index contributed by atoms with van der Waals surface area (Å²) in [6, 6.07) is 0. The van der Waals surface area contributed by atoms with Gasteiger partial charge in [0.05, 0.1) is 72.7 Å². The Labute approximate surface area is 163 Å². The second-order valence-electron chi connectivity index (χ2n) is 5.50. The van der Waals surface area contributed by atoms with Gasteiger partial charge in [-0.3, -0.25) is 4.79 Å². The Kier molecular flexibility index (Phi) is 13.4. The van der Waals surface area contributed by atoms with Crippen molar-refractivity contribution >= 4 is 12.0 Å². The zero-order valence-electron chi connectivity index (χ0n) is 16.1. The molecular formula is C16H29N5O7. The topological polar surface area (TPSA) is 149 Å². The van der Waals surface area contributed by atoms with Crippen molar-refractivity contribution in [2.45, 2.75) is 19.6 Å². The van der Waals surface area contributed by atoms with Gasteiger partial charge < -0.3 is 34.7 Å². The summed E-state index contributed by atoms with van der Waals surface area (Å²) in [6.45, 7) is 4.17. The van der Waals surface area contributed by atoms with Crippen LogP contribution < -0.4 is 11.1 Å². The van der Waals surface area contributed by atoms with E-state index >= 15 is 0 Å². The van der Waals surface area contributed by atoms with Gasteiger partial charge in [-0.15, -0.1) is 5.10 Å². The van der Waals surface area contributed by atoms with Crippen LogP contribution in [0.2, 0.25) is 0 Å². The van der Waals surface area contributed by atoms with Crippen LogP contribution in [0.5, 0.6) is 0 Å². The zero-order chi connectivity index (χ0) is 20.5. The van der Waals surface area contributed by atoms with Crippen LogP contribution in [0.15, 0.2) is 6.20 Å². The van der Waals surface area contributed by atoms with E-state index in [4.69, 9.17) is 24.7 Å². The van der Waals surface area contributed by atoms with Crippen LogP contribution in [0.1, 0.15) is 12.1 Å². The number of primary amides is 1. The lowest BCUT2D eigenvalue weighted by Gasteiger charge is -2.07. The molecule has 0 unspecified atom stereocenters. The Morgan fingerprint density at radius 3 is 2.39 bits per heavy atom. The molecule has 0 aliphatic carbocycles. The van der Waals surface area contributed by atoms with Gasteiger partial charge >= 0.3 is 6.09 Å². The van der Waals surface area contributed by atoms with Crippen LogP contribution in [0.3, 0.4) is 0 Å². The number of nitrogens with one attached hydrogen (secondary N) is 1. The highest BCUT2D eigenvalue weighted by Crippen LogP contribution is 1.97. The average Bonchev–Trinajstić information content (AvgIpc) is 3.13. The normalized spacial score (nSPS) is 10.8. The molecule has 0 atom stereocenters. The van der Waals surface area contributed by atoms with Gasteiger partial charge in [0.25, 0.3) is 0 Å². The first-order valence-corrected chi connectivity index (χ1v) is 8.92. The molecule has 28 heavy (non-hydrogen) atoms. The van der Waals surface area contributed by atoms with Crippen molar-refractivity contribution in [2.24, 2.45) is 5.73 Å². The molecule has 3 N–H and O–H groups in total. The van der Waals surface area contributed by atoms with Gasteiger partial charge in [-0.05, 0) is 0 Å². The molecule has 0 aliphatic heterocycles. The number of ether oxygens (including phenoxy) is 5. The molecule has 160 valence electrons. The Bertz CT molecular complexity index is 555. The molecule has 0 aromatic carbocycles. The van der Waals surface area contributed by atoms with Gasteiger partial charge in [0, 0.05) is 13.0 Å². The predicted molar refractivity (Wildman–Crippen MR) is 96.4 cm³/mol. The molecule has 2 amide bonds. The van der Waals surface area contributed by atoms with Gasteiger partial charge in [-0.25, -0.2) is 9.48 Å². The number of nitrogens with two attached hydrogens (primary N) is 1. The molecule has 0 radical (unpaired) electrons. The standard InChI is InChI=1S/C16H29N5O7/c1-24-16(23)18-3-6-25-8-10-27-11-9-26-7-4-21-12-14(19-20-21)13-28-5-2-15(17)22/h12H,2-11,13H2,1H3,(H2,17,22)(H,18,23). The van der Waals surface area contributed by atoms with E-state index in [1.807, 2.05) is 0 Å². The summed E-state index contributed by atoms with van der Waals surface area (Å²) in [4.78, 5) is 21.4. The number of aromatic nitrogens is 3. The molecule has 12 nitrogen and oxygen atoms in total. The second-order valence-corrected chi connectivity index (χ2v) is 5.50. The average molecular weight is 403 g/mol. The molecule has 0 fully saturated rings. The first-order valence-electron chi connectivity index (χ1n) is 8.92. The van der Waals surface area contributed by atoms with E-state index < -0.39 is 12.0 Å². The number of nitrogens with zero attached hydrogens (tertiary/aromatic N) is 3. The number of hydrogen-bond acceptors (Lipinski definition) is 9. The molecular weight excluding hydrogens is 374 g/mol. The first kappa shape index (κ1) is 23.8. The van der Waals surface area contributed by atoms with Crippen LogP contribution in [0, 0.1) is 0 Å². The molecule has 1 aromatic heterocycles. The minimum atomic E-state index is -0.479. The van der Waals surface area contributed by atoms with Crippen molar-refractivity contribution in [1.29, 1.82) is 0 Å². The summed E-state index contributed by atoms with van der Waals surface area (Å²) >= 11 is 0. The molecule has 1 heterocycles. The molecule has 12 heteroatoms.